The van der Waals surface area contributed by atoms with Crippen molar-refractivity contribution in [1.82, 2.24) is 14.7 Å². The molecule has 0 radical (unpaired) electrons. The maximum Gasteiger partial charge on any atom is 0.170 e. The SMILES string of the molecule is C=CC=C(C)C.CC(C)(C)C.CCN(C)C.COc1ccc2c(C=O)nn(CC=O)c2c1. The molecule has 1 aromatic heterocycles. The number of aldehydes is 2. The highest BCUT2D eigenvalue weighted by molar-refractivity contribution is 5.95. The molecule has 180 valence electrons. The van der Waals surface area contributed by atoms with Gasteiger partial charge in [0, 0.05) is 11.5 Å². The summed E-state index contributed by atoms with van der Waals surface area (Å²) in [7, 11) is 5.67. The van der Waals surface area contributed by atoms with Gasteiger partial charge >= 0.3 is 0 Å². The third kappa shape index (κ3) is 16.0. The van der Waals surface area contributed by atoms with Gasteiger partial charge in [0.1, 0.15) is 17.7 Å². The molecule has 0 saturated carbocycles. The number of ether oxygens (including phenoxy) is 1. The van der Waals surface area contributed by atoms with Gasteiger partial charge in [0.15, 0.2) is 6.29 Å². The topological polar surface area (TPSA) is 64.4 Å². The monoisotopic (exact) mass is 445 g/mol. The lowest BCUT2D eigenvalue weighted by Gasteiger charge is -2.05. The highest BCUT2D eigenvalue weighted by Gasteiger charge is 2.10. The van der Waals surface area contributed by atoms with Crippen molar-refractivity contribution in [3.63, 3.8) is 0 Å². The number of aromatic nitrogens is 2. The Bertz CT molecular complexity index is 834. The van der Waals surface area contributed by atoms with E-state index in [1.54, 1.807) is 31.4 Å². The maximum atomic E-state index is 10.8. The minimum absolute atomic E-state index is 0.123. The van der Waals surface area contributed by atoms with Crippen LogP contribution in [0.15, 0.2) is 42.5 Å². The van der Waals surface area contributed by atoms with Gasteiger partial charge in [0.05, 0.1) is 19.2 Å². The van der Waals surface area contributed by atoms with Crippen molar-refractivity contribution < 1.29 is 14.3 Å². The predicted octanol–water partition coefficient (Wildman–Crippen LogP) is 5.82. The summed E-state index contributed by atoms with van der Waals surface area (Å²) in [4.78, 5) is 23.4. The van der Waals surface area contributed by atoms with Gasteiger partial charge in [0.2, 0.25) is 0 Å². The highest BCUT2D eigenvalue weighted by atomic mass is 16.5. The average Bonchev–Trinajstić information content (AvgIpc) is 3.04. The summed E-state index contributed by atoms with van der Waals surface area (Å²) in [5, 5.41) is 4.75. The van der Waals surface area contributed by atoms with Crippen LogP contribution in [0.4, 0.5) is 0 Å². The van der Waals surface area contributed by atoms with Crippen molar-refractivity contribution in [3.05, 3.63) is 48.2 Å². The van der Waals surface area contributed by atoms with Crippen LogP contribution in [0.3, 0.4) is 0 Å². The Morgan fingerprint density at radius 2 is 1.72 bits per heavy atom. The fourth-order valence-electron chi connectivity index (χ4n) is 1.84. The number of methoxy groups -OCH3 is 1. The number of hydrogen-bond donors (Lipinski definition) is 0. The second-order valence-corrected chi connectivity index (χ2v) is 9.11. The molecule has 1 heterocycles. The van der Waals surface area contributed by atoms with Crippen molar-refractivity contribution in [2.45, 2.75) is 55.0 Å². The molecule has 6 heteroatoms. The standard InChI is InChI=1S/C11H10N2O3.C6H10.C5H12.C4H11N/c1-16-8-2-3-9-10(7-15)12-13(4-5-14)11(9)6-8;1-4-5-6(2)3;1-5(2,3)4;1-4-5(2)3/h2-3,5-7H,4H2,1H3;4-5H,1H2,2-3H3;1-4H3;4H2,1-3H3. The quantitative estimate of drug-likeness (QED) is 0.414. The summed E-state index contributed by atoms with van der Waals surface area (Å²) in [6, 6.07) is 5.26. The molecule has 0 aliphatic rings. The van der Waals surface area contributed by atoms with Crippen molar-refractivity contribution in [1.29, 1.82) is 0 Å². The van der Waals surface area contributed by atoms with Crippen LogP contribution in [0, 0.1) is 5.41 Å². The molecule has 0 amide bonds. The maximum absolute atomic E-state index is 10.8. The first-order valence-corrected chi connectivity index (χ1v) is 10.7. The summed E-state index contributed by atoms with van der Waals surface area (Å²) in [5.41, 5.74) is 2.85. The predicted molar refractivity (Wildman–Crippen MR) is 137 cm³/mol. The van der Waals surface area contributed by atoms with Gasteiger partial charge in [-0.25, -0.2) is 0 Å². The van der Waals surface area contributed by atoms with E-state index in [1.807, 2.05) is 19.9 Å². The van der Waals surface area contributed by atoms with Gasteiger partial charge in [-0.3, -0.25) is 9.48 Å². The number of hydrogen-bond acceptors (Lipinski definition) is 5. The first-order chi connectivity index (χ1) is 14.8. The minimum atomic E-state index is 0.123. The van der Waals surface area contributed by atoms with E-state index in [2.05, 4.69) is 65.3 Å². The number of carbonyl (C=O) groups is 2. The Balaban J connectivity index is 0. The second kappa shape index (κ2) is 16.9. The second-order valence-electron chi connectivity index (χ2n) is 9.11. The van der Waals surface area contributed by atoms with Gasteiger partial charge in [-0.05, 0) is 52.0 Å². The number of benzene rings is 1. The Kier molecular flexibility index (Phi) is 16.6. The Morgan fingerprint density at radius 3 is 2.03 bits per heavy atom. The van der Waals surface area contributed by atoms with Crippen LogP contribution in [0.2, 0.25) is 0 Å². The zero-order chi connectivity index (χ0) is 25.3. The van der Waals surface area contributed by atoms with Crippen molar-refractivity contribution in [3.8, 4) is 5.75 Å². The van der Waals surface area contributed by atoms with Crippen LogP contribution in [0.25, 0.3) is 10.9 Å². The number of fused-ring (bicyclic) bond motifs is 1. The van der Waals surface area contributed by atoms with Crippen molar-refractivity contribution >= 4 is 23.5 Å². The summed E-state index contributed by atoms with van der Waals surface area (Å²) in [5.74, 6) is 0.664. The lowest BCUT2D eigenvalue weighted by Crippen LogP contribution is -2.08. The molecule has 32 heavy (non-hydrogen) atoms. The largest absolute Gasteiger partial charge is 0.497 e. The molecule has 2 rings (SSSR count). The number of allylic oxidation sites excluding steroid dienone is 3. The van der Waals surface area contributed by atoms with Crippen molar-refractivity contribution in [2.75, 3.05) is 27.7 Å². The third-order valence-corrected chi connectivity index (χ3v) is 3.43. The molecule has 2 aromatic rings. The van der Waals surface area contributed by atoms with Gasteiger partial charge < -0.3 is 14.4 Å². The molecule has 0 bridgehead atoms. The lowest BCUT2D eigenvalue weighted by molar-refractivity contribution is -0.108. The molecule has 0 aliphatic carbocycles. The van der Waals surface area contributed by atoms with Crippen LogP contribution in [0.5, 0.6) is 5.75 Å². The van der Waals surface area contributed by atoms with Crippen molar-refractivity contribution in [2.24, 2.45) is 5.41 Å². The van der Waals surface area contributed by atoms with Crippen LogP contribution in [-0.2, 0) is 11.3 Å². The van der Waals surface area contributed by atoms with E-state index in [9.17, 15) is 9.59 Å². The van der Waals surface area contributed by atoms with Crippen LogP contribution >= 0.6 is 0 Å². The highest BCUT2D eigenvalue weighted by Crippen LogP contribution is 2.22. The van der Waals surface area contributed by atoms with E-state index in [-0.39, 0.29) is 6.54 Å². The molecule has 6 nitrogen and oxygen atoms in total. The van der Waals surface area contributed by atoms with E-state index in [0.29, 0.717) is 28.7 Å². The first-order valence-electron chi connectivity index (χ1n) is 10.7. The molecule has 0 fully saturated rings. The molecule has 0 aliphatic heterocycles. The molecule has 0 saturated heterocycles. The van der Waals surface area contributed by atoms with Gasteiger partial charge in [0.25, 0.3) is 0 Å². The fourth-order valence-corrected chi connectivity index (χ4v) is 1.84. The molecule has 0 N–H and O–H groups in total. The normalized spacial score (nSPS) is 9.84. The number of carbonyl (C=O) groups excluding carboxylic acids is 2. The Hall–Kier alpha value is -2.73. The van der Waals surface area contributed by atoms with E-state index in [0.717, 1.165) is 18.2 Å². The Labute approximate surface area is 194 Å². The number of nitrogens with zero attached hydrogens (tertiary/aromatic N) is 3. The zero-order valence-electron chi connectivity index (χ0n) is 21.7. The molecule has 0 unspecified atom stereocenters. The zero-order valence-corrected chi connectivity index (χ0v) is 21.7. The third-order valence-electron chi connectivity index (χ3n) is 3.43. The van der Waals surface area contributed by atoms with Crippen LogP contribution < -0.4 is 4.74 Å². The molecule has 0 atom stereocenters. The van der Waals surface area contributed by atoms with Gasteiger partial charge in [-0.2, -0.15) is 5.10 Å². The minimum Gasteiger partial charge on any atom is -0.497 e. The van der Waals surface area contributed by atoms with Gasteiger partial charge in [-0.15, -0.1) is 0 Å². The van der Waals surface area contributed by atoms with E-state index < -0.39 is 0 Å². The molecular weight excluding hydrogens is 402 g/mol. The van der Waals surface area contributed by atoms with E-state index in [4.69, 9.17) is 4.74 Å². The number of rotatable bonds is 6. The van der Waals surface area contributed by atoms with Crippen LogP contribution in [-0.4, -0.2) is 55.0 Å². The molecule has 1 aromatic carbocycles. The fraction of sp³-hybridized carbons (Fsp3) is 0.500. The molecular formula is C26H43N3O3. The smallest absolute Gasteiger partial charge is 0.170 e. The van der Waals surface area contributed by atoms with Gasteiger partial charge in [-0.1, -0.05) is 58.9 Å². The lowest BCUT2D eigenvalue weighted by atomic mass is 10.0. The van der Waals surface area contributed by atoms with Crippen LogP contribution in [0.1, 0.15) is 59.0 Å². The van der Waals surface area contributed by atoms with E-state index in [1.165, 1.54) is 10.3 Å². The summed E-state index contributed by atoms with van der Waals surface area (Å²) in [6.07, 6.45) is 5.17. The summed E-state index contributed by atoms with van der Waals surface area (Å²) < 4.78 is 6.56. The summed E-state index contributed by atoms with van der Waals surface area (Å²) in [6.45, 7) is 19.7. The summed E-state index contributed by atoms with van der Waals surface area (Å²) >= 11 is 0. The molecule has 0 spiro atoms. The first kappa shape index (κ1) is 31.5. The van der Waals surface area contributed by atoms with E-state index >= 15 is 0 Å². The Morgan fingerprint density at radius 1 is 1.19 bits per heavy atom. The average molecular weight is 446 g/mol.